The highest BCUT2D eigenvalue weighted by molar-refractivity contribution is 5.82. The molecule has 0 bridgehead atoms. The molecule has 0 aromatic rings. The molecule has 0 aliphatic carbocycles. The van der Waals surface area contributed by atoms with Gasteiger partial charge in [0.1, 0.15) is 0 Å². The zero-order valence-corrected chi connectivity index (χ0v) is 11.6. The zero-order valence-electron chi connectivity index (χ0n) is 11.6. The summed E-state index contributed by atoms with van der Waals surface area (Å²) in [6.07, 6.45) is 0.370. The van der Waals surface area contributed by atoms with Gasteiger partial charge in [0.2, 0.25) is 5.91 Å². The molecule has 1 fully saturated rings. The molecule has 0 spiro atoms. The molecule has 0 aromatic heterocycles. The number of nitrogens with one attached hydrogen (secondary N) is 2. The number of carbonyl (C=O) groups excluding carboxylic acids is 2. The van der Waals surface area contributed by atoms with Gasteiger partial charge in [-0.25, -0.2) is 4.79 Å². The van der Waals surface area contributed by atoms with E-state index in [4.69, 9.17) is 4.74 Å². The molecule has 1 saturated heterocycles. The van der Waals surface area contributed by atoms with Crippen molar-refractivity contribution < 1.29 is 14.3 Å². The average Bonchev–Trinajstić information content (AvgIpc) is 2.59. The van der Waals surface area contributed by atoms with Gasteiger partial charge in [0, 0.05) is 32.2 Å². The second kappa shape index (κ2) is 6.04. The van der Waals surface area contributed by atoms with Crippen molar-refractivity contribution >= 4 is 11.9 Å². The van der Waals surface area contributed by atoms with Crippen LogP contribution >= 0.6 is 0 Å². The number of urea groups is 1. The van der Waals surface area contributed by atoms with Gasteiger partial charge in [-0.1, -0.05) is 0 Å². The number of ether oxygens (including phenoxy) is 1. The Morgan fingerprint density at radius 2 is 2.17 bits per heavy atom. The topological polar surface area (TPSA) is 70.7 Å². The molecule has 1 rings (SSSR count). The predicted molar refractivity (Wildman–Crippen MR) is 68.3 cm³/mol. The molecule has 1 aliphatic rings. The quantitative estimate of drug-likeness (QED) is 0.713. The molecule has 6 heteroatoms. The summed E-state index contributed by atoms with van der Waals surface area (Å²) in [6, 6.07) is -0.361. The Hall–Kier alpha value is -1.30. The smallest absolute Gasteiger partial charge is 0.315 e. The van der Waals surface area contributed by atoms with Crippen molar-refractivity contribution in [2.75, 3.05) is 26.8 Å². The van der Waals surface area contributed by atoms with Gasteiger partial charge in [0.15, 0.2) is 0 Å². The van der Waals surface area contributed by atoms with E-state index in [0.29, 0.717) is 26.1 Å². The molecule has 1 heterocycles. The first kappa shape index (κ1) is 14.8. The van der Waals surface area contributed by atoms with Gasteiger partial charge in [-0.15, -0.1) is 0 Å². The third-order valence-electron chi connectivity index (χ3n) is 2.86. The van der Waals surface area contributed by atoms with Crippen LogP contribution in [-0.4, -0.2) is 55.2 Å². The molecule has 2 N–H and O–H groups in total. The predicted octanol–water partition coefficient (Wildman–Crippen LogP) is 0.331. The maximum absolute atomic E-state index is 11.8. The Morgan fingerprint density at radius 3 is 2.67 bits per heavy atom. The van der Waals surface area contributed by atoms with E-state index in [1.807, 2.05) is 20.8 Å². The maximum atomic E-state index is 11.8. The van der Waals surface area contributed by atoms with Crippen LogP contribution in [0.25, 0.3) is 0 Å². The molecular weight excluding hydrogens is 234 g/mol. The van der Waals surface area contributed by atoms with Gasteiger partial charge in [0.05, 0.1) is 12.6 Å². The second-order valence-electron chi connectivity index (χ2n) is 5.47. The highest BCUT2D eigenvalue weighted by atomic mass is 16.5. The van der Waals surface area contributed by atoms with Crippen molar-refractivity contribution in [1.82, 2.24) is 15.5 Å². The van der Waals surface area contributed by atoms with Gasteiger partial charge in [-0.2, -0.15) is 0 Å². The molecule has 1 aliphatic heterocycles. The summed E-state index contributed by atoms with van der Waals surface area (Å²) in [5.41, 5.74) is -0.194. The van der Waals surface area contributed by atoms with Crippen LogP contribution in [0, 0.1) is 0 Å². The Balaban J connectivity index is 2.38. The largest absolute Gasteiger partial charge is 0.383 e. The highest BCUT2D eigenvalue weighted by Crippen LogP contribution is 2.21. The molecule has 0 aromatic carbocycles. The van der Waals surface area contributed by atoms with Gasteiger partial charge in [0.25, 0.3) is 0 Å². The average molecular weight is 257 g/mol. The Morgan fingerprint density at radius 1 is 1.50 bits per heavy atom. The van der Waals surface area contributed by atoms with Crippen LogP contribution in [0.3, 0.4) is 0 Å². The lowest BCUT2D eigenvalue weighted by molar-refractivity contribution is -0.131. The van der Waals surface area contributed by atoms with Crippen molar-refractivity contribution in [1.29, 1.82) is 0 Å². The molecule has 0 saturated carbocycles. The first-order valence-electron chi connectivity index (χ1n) is 6.18. The lowest BCUT2D eigenvalue weighted by Gasteiger charge is -2.32. The van der Waals surface area contributed by atoms with Crippen LogP contribution in [0.15, 0.2) is 0 Å². The van der Waals surface area contributed by atoms with E-state index in [-0.39, 0.29) is 23.5 Å². The molecule has 18 heavy (non-hydrogen) atoms. The van der Waals surface area contributed by atoms with Gasteiger partial charge >= 0.3 is 6.03 Å². The third-order valence-corrected chi connectivity index (χ3v) is 2.86. The molecule has 3 amide bonds. The highest BCUT2D eigenvalue weighted by Gasteiger charge is 2.36. The van der Waals surface area contributed by atoms with Crippen LogP contribution in [0.5, 0.6) is 0 Å². The SMILES string of the molecule is COCCNC(=O)N[C@@H]1CC(=O)N(C(C)(C)C)C1. The Labute approximate surface area is 108 Å². The van der Waals surface area contributed by atoms with Gasteiger partial charge in [-0.3, -0.25) is 4.79 Å². The fraction of sp³-hybridized carbons (Fsp3) is 0.833. The van der Waals surface area contributed by atoms with E-state index < -0.39 is 0 Å². The molecule has 0 unspecified atom stereocenters. The van der Waals surface area contributed by atoms with Crippen LogP contribution in [0.2, 0.25) is 0 Å². The zero-order chi connectivity index (χ0) is 13.8. The van der Waals surface area contributed by atoms with E-state index in [9.17, 15) is 9.59 Å². The number of hydrogen-bond acceptors (Lipinski definition) is 3. The number of nitrogens with zero attached hydrogens (tertiary/aromatic N) is 1. The van der Waals surface area contributed by atoms with Crippen LogP contribution in [0.4, 0.5) is 4.79 Å². The third kappa shape index (κ3) is 4.18. The van der Waals surface area contributed by atoms with Gasteiger partial charge in [-0.05, 0) is 20.8 Å². The number of likely N-dealkylation sites (tertiary alicyclic amines) is 1. The molecular formula is C12H23N3O3. The molecule has 6 nitrogen and oxygen atoms in total. The lowest BCUT2D eigenvalue weighted by atomic mass is 10.1. The minimum Gasteiger partial charge on any atom is -0.383 e. The van der Waals surface area contributed by atoms with E-state index in [0.717, 1.165) is 0 Å². The van der Waals surface area contributed by atoms with Crippen LogP contribution < -0.4 is 10.6 Å². The summed E-state index contributed by atoms with van der Waals surface area (Å²) in [5, 5.41) is 5.48. The number of methoxy groups -OCH3 is 1. The molecule has 1 atom stereocenters. The van der Waals surface area contributed by atoms with Crippen molar-refractivity contribution in [3.63, 3.8) is 0 Å². The van der Waals surface area contributed by atoms with Crippen LogP contribution in [-0.2, 0) is 9.53 Å². The fourth-order valence-electron chi connectivity index (χ4n) is 1.96. The monoisotopic (exact) mass is 257 g/mol. The number of hydrogen-bond donors (Lipinski definition) is 2. The molecule has 0 radical (unpaired) electrons. The van der Waals surface area contributed by atoms with E-state index in [2.05, 4.69) is 10.6 Å². The van der Waals surface area contributed by atoms with E-state index >= 15 is 0 Å². The van der Waals surface area contributed by atoms with Crippen molar-refractivity contribution in [2.24, 2.45) is 0 Å². The summed E-state index contributed by atoms with van der Waals surface area (Å²) >= 11 is 0. The number of amides is 3. The minimum absolute atomic E-state index is 0.0877. The first-order valence-corrected chi connectivity index (χ1v) is 6.18. The Kier molecular flexibility index (Phi) is 4.95. The fourth-order valence-corrected chi connectivity index (χ4v) is 1.96. The summed E-state index contributed by atoms with van der Waals surface area (Å²) in [6.45, 7) is 7.49. The second-order valence-corrected chi connectivity index (χ2v) is 5.47. The molecule has 104 valence electrons. The van der Waals surface area contributed by atoms with Crippen molar-refractivity contribution in [3.05, 3.63) is 0 Å². The first-order chi connectivity index (χ1) is 8.34. The van der Waals surface area contributed by atoms with E-state index in [1.54, 1.807) is 12.0 Å². The maximum Gasteiger partial charge on any atom is 0.315 e. The normalized spacial score (nSPS) is 20.1. The van der Waals surface area contributed by atoms with Crippen molar-refractivity contribution in [3.8, 4) is 0 Å². The van der Waals surface area contributed by atoms with Crippen molar-refractivity contribution in [2.45, 2.75) is 38.8 Å². The van der Waals surface area contributed by atoms with E-state index in [1.165, 1.54) is 0 Å². The summed E-state index contributed by atoms with van der Waals surface area (Å²) < 4.78 is 4.84. The summed E-state index contributed by atoms with van der Waals surface area (Å²) in [7, 11) is 1.58. The standard InChI is InChI=1S/C12H23N3O3/c1-12(2,3)15-8-9(7-10(15)16)14-11(17)13-5-6-18-4/h9H,5-8H2,1-4H3,(H2,13,14,17)/t9-/m1/s1. The number of carbonyl (C=O) groups is 2. The summed E-state index contributed by atoms with van der Waals surface area (Å²) in [5.74, 6) is 0.0877. The lowest BCUT2D eigenvalue weighted by Crippen LogP contribution is -2.47. The van der Waals surface area contributed by atoms with Gasteiger partial charge < -0.3 is 20.3 Å². The minimum atomic E-state index is -0.249. The number of rotatable bonds is 4. The summed E-state index contributed by atoms with van der Waals surface area (Å²) in [4.78, 5) is 25.1. The Bertz CT molecular complexity index is 312. The van der Waals surface area contributed by atoms with Crippen LogP contribution in [0.1, 0.15) is 27.2 Å².